The van der Waals surface area contributed by atoms with Crippen molar-refractivity contribution in [1.82, 2.24) is 5.32 Å². The molecule has 1 aliphatic heterocycles. The number of nitrogens with one attached hydrogen (secondary N) is 1. The number of amides is 1. The molecule has 0 fully saturated rings. The van der Waals surface area contributed by atoms with Crippen molar-refractivity contribution in [3.63, 3.8) is 0 Å². The zero-order valence-corrected chi connectivity index (χ0v) is 14.7. The van der Waals surface area contributed by atoms with Gasteiger partial charge >= 0.3 is 0 Å². The average Bonchev–Trinajstić information content (AvgIpc) is 2.62. The standard InChI is InChI=1S/C20H23NO4/c1-13-8-9-16(10-14(13)2)24-15(3)20(22)21-11-17-12-23-18-6-4-5-7-19(18)25-17/h4-10,15,17H,11-12H2,1-3H3,(H,21,22)/t15-,17-/m0/s1. The van der Waals surface area contributed by atoms with Crippen LogP contribution in [0, 0.1) is 13.8 Å². The molecule has 2 aromatic rings. The molecule has 5 nitrogen and oxygen atoms in total. The summed E-state index contributed by atoms with van der Waals surface area (Å²) in [6, 6.07) is 13.3. The molecule has 1 aliphatic rings. The minimum absolute atomic E-state index is 0.180. The Morgan fingerprint density at radius 1 is 1.20 bits per heavy atom. The molecule has 2 atom stereocenters. The van der Waals surface area contributed by atoms with Gasteiger partial charge in [0.25, 0.3) is 5.91 Å². The van der Waals surface area contributed by atoms with Crippen molar-refractivity contribution in [3.8, 4) is 17.2 Å². The number of benzene rings is 2. The highest BCUT2D eigenvalue weighted by molar-refractivity contribution is 5.80. The maximum atomic E-state index is 12.3. The molecule has 0 aromatic heterocycles. The number of hydrogen-bond donors (Lipinski definition) is 1. The second kappa shape index (κ2) is 7.47. The summed E-state index contributed by atoms with van der Waals surface area (Å²) in [7, 11) is 0. The van der Waals surface area contributed by atoms with E-state index in [1.165, 1.54) is 5.56 Å². The molecule has 1 N–H and O–H groups in total. The Morgan fingerprint density at radius 2 is 1.96 bits per heavy atom. The average molecular weight is 341 g/mol. The minimum atomic E-state index is -0.584. The second-order valence-electron chi connectivity index (χ2n) is 6.25. The van der Waals surface area contributed by atoms with Gasteiger partial charge in [0.2, 0.25) is 0 Å². The van der Waals surface area contributed by atoms with E-state index in [1.807, 2.05) is 56.3 Å². The number of para-hydroxylation sites is 2. The summed E-state index contributed by atoms with van der Waals surface area (Å²) in [5, 5.41) is 2.86. The van der Waals surface area contributed by atoms with E-state index in [-0.39, 0.29) is 12.0 Å². The fourth-order valence-corrected chi connectivity index (χ4v) is 2.57. The van der Waals surface area contributed by atoms with Gasteiger partial charge in [0.05, 0.1) is 6.54 Å². The SMILES string of the molecule is Cc1ccc(O[C@@H](C)C(=O)NC[C@H]2COc3ccccc3O2)cc1C. The first-order valence-corrected chi connectivity index (χ1v) is 8.43. The Labute approximate surface area is 147 Å². The van der Waals surface area contributed by atoms with Gasteiger partial charge in [-0.05, 0) is 56.2 Å². The molecule has 0 spiro atoms. The molecule has 0 saturated heterocycles. The van der Waals surface area contributed by atoms with Crippen LogP contribution in [0.25, 0.3) is 0 Å². The number of carbonyl (C=O) groups is 1. The van der Waals surface area contributed by atoms with Gasteiger partial charge in [-0.3, -0.25) is 4.79 Å². The summed E-state index contributed by atoms with van der Waals surface area (Å²) in [6.45, 7) is 6.57. The van der Waals surface area contributed by atoms with E-state index in [4.69, 9.17) is 14.2 Å². The normalized spacial score (nSPS) is 16.8. The van der Waals surface area contributed by atoms with E-state index < -0.39 is 6.10 Å². The minimum Gasteiger partial charge on any atom is -0.486 e. The van der Waals surface area contributed by atoms with Crippen molar-refractivity contribution in [3.05, 3.63) is 53.6 Å². The molecule has 5 heteroatoms. The van der Waals surface area contributed by atoms with Crippen LogP contribution in [0.4, 0.5) is 0 Å². The summed E-state index contributed by atoms with van der Waals surface area (Å²) < 4.78 is 17.2. The molecule has 0 unspecified atom stereocenters. The quantitative estimate of drug-likeness (QED) is 0.908. The molecule has 132 valence electrons. The summed E-state index contributed by atoms with van der Waals surface area (Å²) in [5.74, 6) is 1.95. The van der Waals surface area contributed by atoms with Crippen LogP contribution in [-0.2, 0) is 4.79 Å². The molecule has 0 aliphatic carbocycles. The van der Waals surface area contributed by atoms with Crippen LogP contribution in [0.15, 0.2) is 42.5 Å². The third-order valence-corrected chi connectivity index (χ3v) is 4.23. The van der Waals surface area contributed by atoms with Crippen LogP contribution in [0.3, 0.4) is 0 Å². The van der Waals surface area contributed by atoms with Crippen LogP contribution < -0.4 is 19.5 Å². The second-order valence-corrected chi connectivity index (χ2v) is 6.25. The lowest BCUT2D eigenvalue weighted by atomic mass is 10.1. The maximum absolute atomic E-state index is 12.3. The fraction of sp³-hybridized carbons (Fsp3) is 0.350. The number of carbonyl (C=O) groups excluding carboxylic acids is 1. The first-order chi connectivity index (χ1) is 12.0. The first-order valence-electron chi connectivity index (χ1n) is 8.43. The topological polar surface area (TPSA) is 56.8 Å². The lowest BCUT2D eigenvalue weighted by Gasteiger charge is -2.27. The largest absolute Gasteiger partial charge is 0.486 e. The van der Waals surface area contributed by atoms with E-state index in [0.717, 1.165) is 11.3 Å². The summed E-state index contributed by atoms with van der Waals surface area (Å²) >= 11 is 0. The van der Waals surface area contributed by atoms with E-state index in [0.29, 0.717) is 24.7 Å². The molecular formula is C20H23NO4. The van der Waals surface area contributed by atoms with E-state index in [2.05, 4.69) is 5.32 Å². The smallest absolute Gasteiger partial charge is 0.260 e. The molecule has 0 bridgehead atoms. The number of aryl methyl sites for hydroxylation is 2. The highest BCUT2D eigenvalue weighted by atomic mass is 16.6. The van der Waals surface area contributed by atoms with Crippen molar-refractivity contribution in [1.29, 1.82) is 0 Å². The van der Waals surface area contributed by atoms with Gasteiger partial charge < -0.3 is 19.5 Å². The Kier molecular flexibility index (Phi) is 5.12. The van der Waals surface area contributed by atoms with E-state index >= 15 is 0 Å². The van der Waals surface area contributed by atoms with Gasteiger partial charge in [-0.2, -0.15) is 0 Å². The monoisotopic (exact) mass is 341 g/mol. The van der Waals surface area contributed by atoms with Crippen molar-refractivity contribution in [2.45, 2.75) is 33.0 Å². The molecule has 3 rings (SSSR count). The number of rotatable bonds is 5. The molecular weight excluding hydrogens is 318 g/mol. The Hall–Kier alpha value is -2.69. The predicted octanol–water partition coefficient (Wildman–Crippen LogP) is 3.03. The molecule has 1 heterocycles. The molecule has 25 heavy (non-hydrogen) atoms. The number of hydrogen-bond acceptors (Lipinski definition) is 4. The third kappa shape index (κ3) is 4.24. The Balaban J connectivity index is 1.50. The highest BCUT2D eigenvalue weighted by Gasteiger charge is 2.22. The summed E-state index contributed by atoms with van der Waals surface area (Å²) in [5.41, 5.74) is 2.33. The summed E-state index contributed by atoms with van der Waals surface area (Å²) in [6.07, 6.45) is -0.799. The number of fused-ring (bicyclic) bond motifs is 1. The molecule has 0 saturated carbocycles. The lowest BCUT2D eigenvalue weighted by Crippen LogP contribution is -2.44. The van der Waals surface area contributed by atoms with Crippen LogP contribution in [-0.4, -0.2) is 31.3 Å². The Morgan fingerprint density at radius 3 is 2.72 bits per heavy atom. The van der Waals surface area contributed by atoms with Gasteiger partial charge in [-0.1, -0.05) is 18.2 Å². The van der Waals surface area contributed by atoms with Crippen LogP contribution in [0.2, 0.25) is 0 Å². The van der Waals surface area contributed by atoms with Crippen LogP contribution in [0.1, 0.15) is 18.1 Å². The molecule has 1 amide bonds. The van der Waals surface area contributed by atoms with Crippen molar-refractivity contribution < 1.29 is 19.0 Å². The fourth-order valence-electron chi connectivity index (χ4n) is 2.57. The van der Waals surface area contributed by atoms with Gasteiger partial charge in [0, 0.05) is 0 Å². The first kappa shape index (κ1) is 17.1. The van der Waals surface area contributed by atoms with Gasteiger partial charge in [0.1, 0.15) is 18.5 Å². The van der Waals surface area contributed by atoms with E-state index in [1.54, 1.807) is 6.92 Å². The van der Waals surface area contributed by atoms with Gasteiger partial charge in [-0.15, -0.1) is 0 Å². The third-order valence-electron chi connectivity index (χ3n) is 4.23. The van der Waals surface area contributed by atoms with Gasteiger partial charge in [-0.25, -0.2) is 0 Å². The van der Waals surface area contributed by atoms with Crippen molar-refractivity contribution >= 4 is 5.91 Å². The highest BCUT2D eigenvalue weighted by Crippen LogP contribution is 2.30. The number of ether oxygens (including phenoxy) is 3. The van der Waals surface area contributed by atoms with Crippen molar-refractivity contribution in [2.75, 3.05) is 13.2 Å². The zero-order valence-electron chi connectivity index (χ0n) is 14.7. The zero-order chi connectivity index (χ0) is 17.8. The molecule has 2 aromatic carbocycles. The lowest BCUT2D eigenvalue weighted by molar-refractivity contribution is -0.127. The van der Waals surface area contributed by atoms with Crippen LogP contribution in [0.5, 0.6) is 17.2 Å². The van der Waals surface area contributed by atoms with Crippen molar-refractivity contribution in [2.24, 2.45) is 0 Å². The Bertz CT molecular complexity index is 759. The van der Waals surface area contributed by atoms with Crippen LogP contribution >= 0.6 is 0 Å². The van der Waals surface area contributed by atoms with Gasteiger partial charge in [0.15, 0.2) is 17.6 Å². The molecule has 0 radical (unpaired) electrons. The maximum Gasteiger partial charge on any atom is 0.260 e. The summed E-state index contributed by atoms with van der Waals surface area (Å²) in [4.78, 5) is 12.3. The predicted molar refractivity (Wildman–Crippen MR) is 95.4 cm³/mol. The van der Waals surface area contributed by atoms with E-state index in [9.17, 15) is 4.79 Å².